The Hall–Kier alpha value is -1.98. The van der Waals surface area contributed by atoms with Crippen LogP contribution >= 0.6 is 0 Å². The van der Waals surface area contributed by atoms with Gasteiger partial charge in [0, 0.05) is 5.69 Å². The molecular weight excluding hydrogens is 257 g/mol. The van der Waals surface area contributed by atoms with Crippen LogP contribution in [0.3, 0.4) is 0 Å². The molecule has 0 amide bonds. The molecule has 1 aromatic carbocycles. The van der Waals surface area contributed by atoms with E-state index in [0.717, 1.165) is 12.8 Å². The van der Waals surface area contributed by atoms with Gasteiger partial charge in [-0.3, -0.25) is 0 Å². The predicted molar refractivity (Wildman–Crippen MR) is 74.5 cm³/mol. The maximum absolute atomic E-state index is 14.3. The van der Waals surface area contributed by atoms with Crippen molar-refractivity contribution < 1.29 is 4.39 Å². The fraction of sp³-hybridized carbons (Fsp3) is 0.500. The summed E-state index contributed by atoms with van der Waals surface area (Å²) >= 11 is 0. The van der Waals surface area contributed by atoms with Gasteiger partial charge in [-0.1, -0.05) is 19.3 Å². The molecule has 1 aliphatic carbocycles. The zero-order valence-electron chi connectivity index (χ0n) is 11.5. The number of halogens is 1. The summed E-state index contributed by atoms with van der Waals surface area (Å²) < 4.78 is 16.1. The average Bonchev–Trinajstić information content (AvgIpc) is 2.93. The zero-order chi connectivity index (χ0) is 14.1. The fourth-order valence-corrected chi connectivity index (χ4v) is 2.90. The van der Waals surface area contributed by atoms with E-state index in [0.29, 0.717) is 22.6 Å². The first-order chi connectivity index (χ1) is 9.66. The zero-order valence-corrected chi connectivity index (χ0v) is 11.5. The summed E-state index contributed by atoms with van der Waals surface area (Å²) in [5.74, 6) is 0.177. The van der Waals surface area contributed by atoms with E-state index >= 15 is 0 Å². The minimum absolute atomic E-state index is 0.259. The van der Waals surface area contributed by atoms with Crippen molar-refractivity contribution in [1.29, 1.82) is 0 Å². The van der Waals surface area contributed by atoms with Crippen LogP contribution in [-0.4, -0.2) is 20.2 Å². The second kappa shape index (κ2) is 5.19. The van der Waals surface area contributed by atoms with Crippen molar-refractivity contribution in [3.63, 3.8) is 0 Å². The van der Waals surface area contributed by atoms with Gasteiger partial charge in [0.25, 0.3) is 0 Å². The number of hydrogen-bond acceptors (Lipinski definition) is 4. The molecule has 20 heavy (non-hydrogen) atoms. The van der Waals surface area contributed by atoms with Gasteiger partial charge in [-0.25, -0.2) is 9.07 Å². The second-order valence-electron chi connectivity index (χ2n) is 5.44. The van der Waals surface area contributed by atoms with Crippen molar-refractivity contribution >= 4 is 5.69 Å². The van der Waals surface area contributed by atoms with Crippen molar-refractivity contribution in [3.8, 4) is 11.4 Å². The van der Waals surface area contributed by atoms with E-state index in [-0.39, 0.29) is 11.9 Å². The maximum Gasteiger partial charge on any atom is 0.185 e. The van der Waals surface area contributed by atoms with Gasteiger partial charge in [-0.2, -0.15) is 0 Å². The standard InChI is InChI=1S/C14H18FN5/c1-9-7-10(16)8-12(13(9)15)14-17-18-19-20(14)11-5-3-2-4-6-11/h7-8,11H,2-6,16H2,1H3. The molecule has 0 radical (unpaired) electrons. The molecule has 3 rings (SSSR count). The van der Waals surface area contributed by atoms with Crippen LogP contribution in [-0.2, 0) is 0 Å². The Balaban J connectivity index is 2.05. The minimum atomic E-state index is -0.300. The summed E-state index contributed by atoms with van der Waals surface area (Å²) in [5, 5.41) is 11.8. The number of nitrogens with two attached hydrogens (primary N) is 1. The molecule has 0 spiro atoms. The van der Waals surface area contributed by atoms with Gasteiger partial charge in [0.15, 0.2) is 5.82 Å². The first-order valence-corrected chi connectivity index (χ1v) is 7.00. The highest BCUT2D eigenvalue weighted by atomic mass is 19.1. The van der Waals surface area contributed by atoms with E-state index in [9.17, 15) is 4.39 Å². The SMILES string of the molecule is Cc1cc(N)cc(-c2nnnn2C2CCCCC2)c1F. The van der Waals surface area contributed by atoms with E-state index in [4.69, 9.17) is 5.73 Å². The molecule has 2 N–H and O–H groups in total. The quantitative estimate of drug-likeness (QED) is 0.856. The summed E-state index contributed by atoms with van der Waals surface area (Å²) in [6, 6.07) is 3.48. The maximum atomic E-state index is 14.3. The number of hydrogen-bond donors (Lipinski definition) is 1. The molecule has 1 aliphatic rings. The summed E-state index contributed by atoms with van der Waals surface area (Å²) in [6.45, 7) is 1.70. The number of benzene rings is 1. The predicted octanol–water partition coefficient (Wildman–Crippen LogP) is 2.88. The number of rotatable bonds is 2. The van der Waals surface area contributed by atoms with E-state index < -0.39 is 0 Å². The van der Waals surface area contributed by atoms with Gasteiger partial charge in [0.2, 0.25) is 0 Å². The minimum Gasteiger partial charge on any atom is -0.399 e. The molecule has 0 atom stereocenters. The van der Waals surface area contributed by atoms with E-state index in [1.807, 2.05) is 0 Å². The molecule has 5 nitrogen and oxygen atoms in total. The third kappa shape index (κ3) is 2.26. The second-order valence-corrected chi connectivity index (χ2v) is 5.44. The Kier molecular flexibility index (Phi) is 3.38. The third-order valence-electron chi connectivity index (χ3n) is 3.93. The molecule has 1 saturated carbocycles. The summed E-state index contributed by atoms with van der Waals surface area (Å²) in [5.41, 5.74) is 7.24. The van der Waals surface area contributed by atoms with Crippen molar-refractivity contribution in [1.82, 2.24) is 20.2 Å². The molecule has 0 unspecified atom stereocenters. The number of aryl methyl sites for hydroxylation is 1. The van der Waals surface area contributed by atoms with Crippen LogP contribution in [0.5, 0.6) is 0 Å². The Morgan fingerprint density at radius 2 is 2.00 bits per heavy atom. The number of nitrogen functional groups attached to an aromatic ring is 1. The van der Waals surface area contributed by atoms with Crippen molar-refractivity contribution in [2.45, 2.75) is 45.1 Å². The Morgan fingerprint density at radius 1 is 1.25 bits per heavy atom. The molecule has 1 heterocycles. The summed E-state index contributed by atoms with van der Waals surface area (Å²) in [4.78, 5) is 0. The first-order valence-electron chi connectivity index (χ1n) is 7.00. The number of aromatic nitrogens is 4. The molecule has 0 saturated heterocycles. The largest absolute Gasteiger partial charge is 0.399 e. The van der Waals surface area contributed by atoms with Crippen LogP contribution in [0.15, 0.2) is 12.1 Å². The number of nitrogens with zero attached hydrogens (tertiary/aromatic N) is 4. The lowest BCUT2D eigenvalue weighted by atomic mass is 9.95. The highest BCUT2D eigenvalue weighted by molar-refractivity contribution is 5.63. The molecule has 0 bridgehead atoms. The fourth-order valence-electron chi connectivity index (χ4n) is 2.90. The third-order valence-corrected chi connectivity index (χ3v) is 3.93. The highest BCUT2D eigenvalue weighted by Crippen LogP contribution is 2.32. The Morgan fingerprint density at radius 3 is 2.75 bits per heavy atom. The molecule has 1 aromatic heterocycles. The van der Waals surface area contributed by atoms with Gasteiger partial charge in [0.1, 0.15) is 5.82 Å². The average molecular weight is 275 g/mol. The molecular formula is C14H18FN5. The van der Waals surface area contributed by atoms with Gasteiger partial charge < -0.3 is 5.73 Å². The van der Waals surface area contributed by atoms with Gasteiger partial charge in [-0.15, -0.1) is 5.10 Å². The highest BCUT2D eigenvalue weighted by Gasteiger charge is 2.23. The molecule has 106 valence electrons. The van der Waals surface area contributed by atoms with Gasteiger partial charge in [-0.05, 0) is 47.9 Å². The van der Waals surface area contributed by atoms with E-state index in [2.05, 4.69) is 15.5 Å². The molecule has 1 fully saturated rings. The van der Waals surface area contributed by atoms with E-state index in [1.165, 1.54) is 19.3 Å². The molecule has 6 heteroatoms. The van der Waals surface area contributed by atoms with Gasteiger partial charge in [0.05, 0.1) is 11.6 Å². The summed E-state index contributed by atoms with van der Waals surface area (Å²) in [7, 11) is 0. The lowest BCUT2D eigenvalue weighted by molar-refractivity contribution is 0.326. The lowest BCUT2D eigenvalue weighted by Gasteiger charge is -2.22. The van der Waals surface area contributed by atoms with Crippen molar-refractivity contribution in [2.75, 3.05) is 5.73 Å². The molecule has 0 aliphatic heterocycles. The topological polar surface area (TPSA) is 69.6 Å². The van der Waals surface area contributed by atoms with Crippen LogP contribution < -0.4 is 5.73 Å². The lowest BCUT2D eigenvalue weighted by Crippen LogP contribution is -2.16. The van der Waals surface area contributed by atoms with E-state index in [1.54, 1.807) is 23.7 Å². The van der Waals surface area contributed by atoms with Crippen LogP contribution in [0.1, 0.15) is 43.7 Å². The number of tetrazole rings is 1. The van der Waals surface area contributed by atoms with Crippen LogP contribution in [0.2, 0.25) is 0 Å². The van der Waals surface area contributed by atoms with Crippen molar-refractivity contribution in [3.05, 3.63) is 23.5 Å². The molecule has 2 aromatic rings. The first kappa shape index (κ1) is 13.0. The Bertz CT molecular complexity index is 616. The Labute approximate surface area is 117 Å². The van der Waals surface area contributed by atoms with Crippen LogP contribution in [0.4, 0.5) is 10.1 Å². The van der Waals surface area contributed by atoms with Gasteiger partial charge >= 0.3 is 0 Å². The normalized spacial score (nSPS) is 16.5. The summed E-state index contributed by atoms with van der Waals surface area (Å²) in [6.07, 6.45) is 5.67. The van der Waals surface area contributed by atoms with Crippen LogP contribution in [0, 0.1) is 12.7 Å². The van der Waals surface area contributed by atoms with Crippen LogP contribution in [0.25, 0.3) is 11.4 Å². The van der Waals surface area contributed by atoms with Crippen molar-refractivity contribution in [2.24, 2.45) is 0 Å². The monoisotopic (exact) mass is 275 g/mol. The smallest absolute Gasteiger partial charge is 0.185 e. The number of anilines is 1.